The number of aliphatic hydroxyl groups is 1. The van der Waals surface area contributed by atoms with E-state index < -0.39 is 50.3 Å². The van der Waals surface area contributed by atoms with Gasteiger partial charge >= 0.3 is 7.60 Å². The Kier molecular flexibility index (Phi) is 3.70. The maximum Gasteiger partial charge on any atom is 0.381 e. The third-order valence-corrected chi connectivity index (χ3v) is 4.80. The van der Waals surface area contributed by atoms with Crippen LogP contribution in [0.5, 0.6) is 0 Å². The van der Waals surface area contributed by atoms with Gasteiger partial charge < -0.3 is 34.8 Å². The summed E-state index contributed by atoms with van der Waals surface area (Å²) < 4.78 is 28.9. The number of aliphatic hydroxyl groups excluding tert-OH is 1. The normalized spacial score (nSPS) is 32.4. The maximum atomic E-state index is 11.9. The summed E-state index contributed by atoms with van der Waals surface area (Å²) in [6.45, 7) is -0.461. The lowest BCUT2D eigenvalue weighted by Crippen LogP contribution is -2.31. The molecule has 25 heavy (non-hydrogen) atoms. The average molecular weight is 375 g/mol. The number of imidazole rings is 1. The van der Waals surface area contributed by atoms with Crippen molar-refractivity contribution in [2.75, 3.05) is 12.3 Å². The number of fused-ring (bicyclic) bond motifs is 2. The zero-order chi connectivity index (χ0) is 17.9. The summed E-state index contributed by atoms with van der Waals surface area (Å²) in [7, 11) is -4.67. The number of ether oxygens (including phenoxy) is 3. The van der Waals surface area contributed by atoms with Gasteiger partial charge in [0.1, 0.15) is 18.3 Å². The predicted octanol–water partition coefficient (Wildman–Crippen LogP) is -2.16. The molecule has 2 saturated heterocycles. The molecule has 0 spiro atoms. The predicted molar refractivity (Wildman–Crippen MR) is 79.1 cm³/mol. The van der Waals surface area contributed by atoms with E-state index in [-0.39, 0.29) is 17.1 Å². The molecule has 0 radical (unpaired) electrons. The van der Waals surface area contributed by atoms with Crippen molar-refractivity contribution in [3.8, 4) is 0 Å². The van der Waals surface area contributed by atoms with E-state index in [2.05, 4.69) is 15.0 Å². The number of hydrogen-bond donors (Lipinski definition) is 5. The van der Waals surface area contributed by atoms with Crippen LogP contribution >= 0.6 is 7.60 Å². The van der Waals surface area contributed by atoms with E-state index in [1.807, 2.05) is 0 Å². The van der Waals surface area contributed by atoms with Crippen LogP contribution < -0.4 is 11.3 Å². The molecule has 0 amide bonds. The van der Waals surface area contributed by atoms with Gasteiger partial charge in [0, 0.05) is 0 Å². The standard InChI is InChI=1S/C11H14N5O8P/c12-10-14-7-4(8(18)15-10)13-2-16(7)9-6-5(3(1-17)22-9)23-11(24-6)25(19,20)21/h2-3,5-6,9,11,17H,1H2,(H2,19,20,21)(H3,12,14,15,18)/t3-,5-,6-,9-,11+/m1/s1. The number of nitrogens with two attached hydrogens (primary N) is 1. The largest absolute Gasteiger partial charge is 0.394 e. The summed E-state index contributed by atoms with van der Waals surface area (Å²) >= 11 is 0. The van der Waals surface area contributed by atoms with Crippen molar-refractivity contribution in [3.63, 3.8) is 0 Å². The molecule has 14 heteroatoms. The van der Waals surface area contributed by atoms with E-state index >= 15 is 0 Å². The number of rotatable bonds is 3. The number of nitrogens with one attached hydrogen (secondary N) is 1. The second-order valence-electron chi connectivity index (χ2n) is 5.62. The molecule has 136 valence electrons. The van der Waals surface area contributed by atoms with Crippen LogP contribution in [0.15, 0.2) is 11.1 Å². The van der Waals surface area contributed by atoms with Crippen molar-refractivity contribution in [3.05, 3.63) is 16.7 Å². The molecule has 13 nitrogen and oxygen atoms in total. The Bertz CT molecular complexity index is 923. The van der Waals surface area contributed by atoms with Gasteiger partial charge in [-0.3, -0.25) is 18.9 Å². The van der Waals surface area contributed by atoms with Gasteiger partial charge in [-0.15, -0.1) is 0 Å². The minimum absolute atomic E-state index is 0.00671. The van der Waals surface area contributed by atoms with Crippen molar-refractivity contribution in [2.45, 2.75) is 30.6 Å². The summed E-state index contributed by atoms with van der Waals surface area (Å²) in [6.07, 6.45) is -2.46. The molecule has 2 aliphatic heterocycles. The van der Waals surface area contributed by atoms with E-state index in [9.17, 15) is 24.3 Å². The maximum absolute atomic E-state index is 11.9. The summed E-state index contributed by atoms with van der Waals surface area (Å²) in [6, 6.07) is -1.76. The highest BCUT2D eigenvalue weighted by atomic mass is 31.2. The Morgan fingerprint density at radius 1 is 1.32 bits per heavy atom. The third kappa shape index (κ3) is 2.57. The zero-order valence-electron chi connectivity index (χ0n) is 12.4. The second-order valence-corrected chi connectivity index (χ2v) is 7.22. The Balaban J connectivity index is 1.76. The number of H-pyrrole nitrogens is 1. The third-order valence-electron chi connectivity index (χ3n) is 4.01. The SMILES string of the molecule is Nc1nc2c(ncn2[C@@H]2O[C@H](CO)[C@H]3O[C@H](P(=O)(O)O)O[C@H]32)c(=O)[nH]1. The number of hydrogen-bond acceptors (Lipinski definition) is 9. The first-order valence-electron chi connectivity index (χ1n) is 7.14. The summed E-state index contributed by atoms with van der Waals surface area (Å²) in [5.74, 6) is -0.135. The number of anilines is 1. The van der Waals surface area contributed by atoms with Gasteiger partial charge in [0.2, 0.25) is 5.95 Å². The molecule has 0 unspecified atom stereocenters. The van der Waals surface area contributed by atoms with Crippen LogP contribution in [-0.2, 0) is 18.8 Å². The first kappa shape index (κ1) is 16.6. The van der Waals surface area contributed by atoms with Crippen molar-refractivity contribution in [1.82, 2.24) is 19.5 Å². The molecule has 4 heterocycles. The van der Waals surface area contributed by atoms with E-state index in [1.165, 1.54) is 10.9 Å². The molecule has 2 aromatic rings. The van der Waals surface area contributed by atoms with Gasteiger partial charge in [-0.05, 0) is 0 Å². The minimum Gasteiger partial charge on any atom is -0.394 e. The fraction of sp³-hybridized carbons (Fsp3) is 0.545. The summed E-state index contributed by atoms with van der Waals surface area (Å²) in [5.41, 5.74) is 5.10. The molecule has 2 fully saturated rings. The molecular weight excluding hydrogens is 361 g/mol. The lowest BCUT2D eigenvalue weighted by molar-refractivity contribution is -0.128. The molecule has 2 aliphatic rings. The fourth-order valence-corrected chi connectivity index (χ4v) is 3.58. The highest BCUT2D eigenvalue weighted by Crippen LogP contribution is 2.51. The Hall–Kier alpha value is -1.86. The van der Waals surface area contributed by atoms with Crippen molar-refractivity contribution >= 4 is 24.7 Å². The first-order chi connectivity index (χ1) is 11.8. The van der Waals surface area contributed by atoms with E-state index in [4.69, 9.17) is 19.9 Å². The van der Waals surface area contributed by atoms with Crippen molar-refractivity contribution < 1.29 is 33.7 Å². The van der Waals surface area contributed by atoms with Crippen molar-refractivity contribution in [1.29, 1.82) is 0 Å². The van der Waals surface area contributed by atoms with Gasteiger partial charge in [-0.1, -0.05) is 0 Å². The molecule has 5 atom stereocenters. The van der Waals surface area contributed by atoms with Gasteiger partial charge in [0.25, 0.3) is 11.6 Å². The molecule has 2 aromatic heterocycles. The second kappa shape index (κ2) is 5.57. The molecule has 0 saturated carbocycles. The number of nitrogens with zero attached hydrogens (tertiary/aromatic N) is 3. The zero-order valence-corrected chi connectivity index (χ0v) is 13.3. The number of nitrogen functional groups attached to an aromatic ring is 1. The minimum atomic E-state index is -4.67. The lowest BCUT2D eigenvalue weighted by Gasteiger charge is -2.20. The van der Waals surface area contributed by atoms with Crippen molar-refractivity contribution in [2.24, 2.45) is 0 Å². The highest BCUT2D eigenvalue weighted by molar-refractivity contribution is 7.52. The Labute approximate surface area is 138 Å². The quantitative estimate of drug-likeness (QED) is 0.366. The smallest absolute Gasteiger partial charge is 0.381 e. The number of aromatic amines is 1. The van der Waals surface area contributed by atoms with Gasteiger partial charge in [-0.2, -0.15) is 4.98 Å². The monoisotopic (exact) mass is 375 g/mol. The van der Waals surface area contributed by atoms with E-state index in [0.29, 0.717) is 0 Å². The summed E-state index contributed by atoms with van der Waals surface area (Å²) in [5, 5.41) is 9.45. The topological polar surface area (TPSA) is 195 Å². The molecule has 0 aliphatic carbocycles. The number of aromatic nitrogens is 4. The van der Waals surface area contributed by atoms with Crippen LogP contribution in [0.4, 0.5) is 5.95 Å². The summed E-state index contributed by atoms with van der Waals surface area (Å²) in [4.78, 5) is 40.6. The first-order valence-corrected chi connectivity index (χ1v) is 8.82. The van der Waals surface area contributed by atoms with E-state index in [1.54, 1.807) is 0 Å². The lowest BCUT2D eigenvalue weighted by atomic mass is 10.1. The molecule has 4 rings (SSSR count). The van der Waals surface area contributed by atoms with Crippen LogP contribution in [0.3, 0.4) is 0 Å². The van der Waals surface area contributed by atoms with Crippen LogP contribution in [-0.4, -0.2) is 65.4 Å². The fourth-order valence-electron chi connectivity index (χ4n) is 2.98. The van der Waals surface area contributed by atoms with Crippen LogP contribution in [0.2, 0.25) is 0 Å². The van der Waals surface area contributed by atoms with Crippen LogP contribution in [0.25, 0.3) is 11.2 Å². The van der Waals surface area contributed by atoms with Crippen LogP contribution in [0.1, 0.15) is 6.23 Å². The average Bonchev–Trinajstić information content (AvgIpc) is 3.18. The van der Waals surface area contributed by atoms with Gasteiger partial charge in [0.05, 0.1) is 12.9 Å². The molecule has 6 N–H and O–H groups in total. The Morgan fingerprint density at radius 2 is 2.04 bits per heavy atom. The molecular formula is C11H14N5O8P. The molecule has 0 aromatic carbocycles. The molecule has 0 bridgehead atoms. The van der Waals surface area contributed by atoms with Crippen LogP contribution in [0, 0.1) is 0 Å². The highest BCUT2D eigenvalue weighted by Gasteiger charge is 2.57. The van der Waals surface area contributed by atoms with Gasteiger partial charge in [0.15, 0.2) is 17.4 Å². The Morgan fingerprint density at radius 3 is 2.72 bits per heavy atom. The van der Waals surface area contributed by atoms with E-state index in [0.717, 1.165) is 0 Å². The van der Waals surface area contributed by atoms with Gasteiger partial charge in [-0.25, -0.2) is 4.98 Å².